The summed E-state index contributed by atoms with van der Waals surface area (Å²) in [5, 5.41) is 28.4. The molecule has 10 nitrogen and oxygen atoms in total. The maximum atomic E-state index is 14.0. The van der Waals surface area contributed by atoms with Crippen LogP contribution in [0.15, 0.2) is 24.3 Å². The number of piperidine rings is 1. The topological polar surface area (TPSA) is 127 Å². The number of aliphatic hydroxyl groups is 2. The minimum Gasteiger partial charge on any atom is -0.454 e. The van der Waals surface area contributed by atoms with Gasteiger partial charge in [-0.2, -0.15) is 0 Å². The van der Waals surface area contributed by atoms with E-state index in [0.717, 1.165) is 0 Å². The number of methoxy groups -OCH3 is 3. The van der Waals surface area contributed by atoms with Crippen molar-refractivity contribution in [1.82, 2.24) is 4.90 Å². The third kappa shape index (κ3) is 3.67. The number of amides is 1. The highest BCUT2D eigenvalue weighted by Crippen LogP contribution is 2.79. The van der Waals surface area contributed by atoms with Crippen LogP contribution in [0.1, 0.15) is 56.3 Å². The molecule has 1 saturated heterocycles. The van der Waals surface area contributed by atoms with Gasteiger partial charge in [0.15, 0.2) is 0 Å². The van der Waals surface area contributed by atoms with Crippen LogP contribution in [-0.4, -0.2) is 103 Å². The van der Waals surface area contributed by atoms with E-state index < -0.39 is 34.3 Å². The molecule has 6 aliphatic rings. The summed E-state index contributed by atoms with van der Waals surface area (Å²) in [7, 11) is 5.05. The van der Waals surface area contributed by atoms with Crippen LogP contribution in [0.25, 0.3) is 0 Å². The molecular weight excluding hydrogens is 620 g/mol. The second-order valence-electron chi connectivity index (χ2n) is 13.7. The highest BCUT2D eigenvalue weighted by molar-refractivity contribution is 8.93. The number of nitrogens with zero attached hydrogens (tertiary/aromatic N) is 1. The number of hydrogen-bond acceptors (Lipinski definition) is 9. The zero-order valence-electron chi connectivity index (χ0n) is 25.6. The van der Waals surface area contributed by atoms with E-state index in [1.807, 2.05) is 0 Å². The van der Waals surface area contributed by atoms with E-state index in [-0.39, 0.29) is 64.8 Å². The molecule has 43 heavy (non-hydrogen) atoms. The molecule has 1 spiro atoms. The van der Waals surface area contributed by atoms with Crippen LogP contribution < -0.4 is 5.32 Å². The predicted molar refractivity (Wildman–Crippen MR) is 162 cm³/mol. The number of carbonyl (C=O) groups excluding carboxylic acids is 2. The maximum Gasteiger partial charge on any atom is 0.340 e. The van der Waals surface area contributed by atoms with Crippen molar-refractivity contribution >= 4 is 34.5 Å². The molecule has 1 aromatic carbocycles. The average molecular weight is 666 g/mol. The SMILES string of the molecule is Br.CCN1C[C@]2(OC(=O)c3ccccc3NC(C)=O)CC[C@H](OC)C34[C@H]1C(C[C@@H]32)[C@@]1(O)C[C@H](OC)[C@H]2C[C@@H]4[C@]1(O)[C@H]2OC. The van der Waals surface area contributed by atoms with Gasteiger partial charge in [-0.1, -0.05) is 19.1 Å². The van der Waals surface area contributed by atoms with E-state index >= 15 is 0 Å². The second kappa shape index (κ2) is 10.5. The minimum atomic E-state index is -1.48. The number of fused-ring (bicyclic) bond motifs is 2. The third-order valence-electron chi connectivity index (χ3n) is 12.6. The Morgan fingerprint density at radius 3 is 2.47 bits per heavy atom. The summed E-state index contributed by atoms with van der Waals surface area (Å²) in [6.45, 7) is 4.79. The van der Waals surface area contributed by atoms with Crippen LogP contribution in [0.4, 0.5) is 5.69 Å². The Morgan fingerprint density at radius 1 is 1.07 bits per heavy atom. The number of anilines is 1. The number of likely N-dealkylation sites (N-methyl/N-ethyl adjacent to an activating group) is 1. The van der Waals surface area contributed by atoms with Crippen LogP contribution in [0.3, 0.4) is 0 Å². The molecule has 6 fully saturated rings. The largest absolute Gasteiger partial charge is 0.454 e. The van der Waals surface area contributed by atoms with Gasteiger partial charge in [0.25, 0.3) is 0 Å². The van der Waals surface area contributed by atoms with Gasteiger partial charge in [0, 0.05) is 76.3 Å². The van der Waals surface area contributed by atoms with Crippen LogP contribution >= 0.6 is 17.0 Å². The molecule has 5 aliphatic carbocycles. The van der Waals surface area contributed by atoms with Gasteiger partial charge in [-0.05, 0) is 44.4 Å². The van der Waals surface area contributed by atoms with E-state index in [4.69, 9.17) is 18.9 Å². The molecule has 3 N–H and O–H groups in total. The summed E-state index contributed by atoms with van der Waals surface area (Å²) in [6, 6.07) is 6.89. The van der Waals surface area contributed by atoms with Gasteiger partial charge in [0.2, 0.25) is 5.91 Å². The standard InChI is InChI=1S/C32H44N2O8.BrH/c1-6-34-16-29(42-28(36)18-9-7-8-10-21(18)33-17(2)35)12-11-25(40-4)31-23(29)14-20(26(31)34)30(37)15-22(39-3)19-13-24(31)32(30,38)27(19)41-5;/h7-10,19-20,22-27,37-38H,6,11-16H2,1-5H3,(H,33,35);1H/t19-,20?,22+,23-,24+,25+,26-,27+,29-,30+,31?,32+;/m1./s1. The summed E-state index contributed by atoms with van der Waals surface area (Å²) in [5.74, 6) is -1.54. The zero-order chi connectivity index (χ0) is 29.8. The molecule has 2 unspecified atom stereocenters. The lowest BCUT2D eigenvalue weighted by atomic mass is 9.44. The van der Waals surface area contributed by atoms with Gasteiger partial charge in [-0.15, -0.1) is 17.0 Å². The summed E-state index contributed by atoms with van der Waals surface area (Å²) in [6.07, 6.45) is 1.91. The lowest BCUT2D eigenvalue weighted by Crippen LogP contribution is -2.83. The lowest BCUT2D eigenvalue weighted by Gasteiger charge is -2.70. The van der Waals surface area contributed by atoms with E-state index in [1.54, 1.807) is 45.6 Å². The van der Waals surface area contributed by atoms with Crippen molar-refractivity contribution < 1.29 is 38.7 Å². The molecule has 12 atom stereocenters. The van der Waals surface area contributed by atoms with Crippen molar-refractivity contribution in [1.29, 1.82) is 0 Å². The fourth-order valence-corrected chi connectivity index (χ4v) is 11.6. The average Bonchev–Trinajstić information content (AvgIpc) is 3.39. The Morgan fingerprint density at radius 2 is 1.81 bits per heavy atom. The van der Waals surface area contributed by atoms with Crippen molar-refractivity contribution in [3.05, 3.63) is 29.8 Å². The Balaban J connectivity index is 0.00000329. The van der Waals surface area contributed by atoms with Crippen molar-refractivity contribution in [3.63, 3.8) is 0 Å². The molecule has 0 aromatic heterocycles. The number of nitrogens with one attached hydrogen (secondary N) is 1. The molecule has 238 valence electrons. The molecule has 7 bridgehead atoms. The van der Waals surface area contributed by atoms with Crippen molar-refractivity contribution in [2.75, 3.05) is 39.7 Å². The number of rotatable bonds is 7. The number of likely N-dealkylation sites (tertiary alicyclic amines) is 1. The van der Waals surface area contributed by atoms with E-state index in [0.29, 0.717) is 56.4 Å². The summed E-state index contributed by atoms with van der Waals surface area (Å²) in [5.41, 5.74) is -3.57. The molecule has 11 heteroatoms. The lowest BCUT2D eigenvalue weighted by molar-refractivity contribution is -0.337. The van der Waals surface area contributed by atoms with Gasteiger partial charge < -0.3 is 34.5 Å². The van der Waals surface area contributed by atoms with Crippen molar-refractivity contribution in [2.24, 2.45) is 29.1 Å². The van der Waals surface area contributed by atoms with Gasteiger partial charge in [-0.25, -0.2) is 4.79 Å². The summed E-state index contributed by atoms with van der Waals surface area (Å²) >= 11 is 0. The third-order valence-corrected chi connectivity index (χ3v) is 12.6. The van der Waals surface area contributed by atoms with Crippen LogP contribution in [0.5, 0.6) is 0 Å². The molecule has 1 aliphatic heterocycles. The van der Waals surface area contributed by atoms with Gasteiger partial charge in [0.1, 0.15) is 16.8 Å². The Bertz CT molecular complexity index is 1300. The first-order valence-corrected chi connectivity index (χ1v) is 15.4. The molecular formula is C32H45BrN2O8. The molecule has 1 heterocycles. The smallest absolute Gasteiger partial charge is 0.340 e. The summed E-state index contributed by atoms with van der Waals surface area (Å²) < 4.78 is 25.1. The highest BCUT2D eigenvalue weighted by Gasteiger charge is 2.89. The first kappa shape index (κ1) is 31.4. The first-order chi connectivity index (χ1) is 20.1. The zero-order valence-corrected chi connectivity index (χ0v) is 27.3. The quantitative estimate of drug-likeness (QED) is 0.377. The molecule has 1 aromatic rings. The van der Waals surface area contributed by atoms with E-state index in [2.05, 4.69) is 17.1 Å². The minimum absolute atomic E-state index is 0. The fourth-order valence-electron chi connectivity index (χ4n) is 11.6. The Hall–Kier alpha value is -1.60. The number of carbonyl (C=O) groups is 2. The normalized spacial score (nSPS) is 47.0. The number of benzene rings is 1. The molecule has 7 rings (SSSR count). The second-order valence-corrected chi connectivity index (χ2v) is 13.7. The maximum absolute atomic E-state index is 14.0. The number of halogens is 1. The van der Waals surface area contributed by atoms with Crippen molar-refractivity contribution in [3.8, 4) is 0 Å². The molecule has 1 amide bonds. The highest BCUT2D eigenvalue weighted by atomic mass is 79.9. The van der Waals surface area contributed by atoms with Gasteiger partial charge in [0.05, 0.1) is 29.6 Å². The molecule has 5 saturated carbocycles. The van der Waals surface area contributed by atoms with E-state index in [9.17, 15) is 19.8 Å². The van der Waals surface area contributed by atoms with Gasteiger partial charge in [-0.3, -0.25) is 9.69 Å². The molecule has 0 radical (unpaired) electrons. The van der Waals surface area contributed by atoms with Crippen LogP contribution in [0.2, 0.25) is 0 Å². The van der Waals surface area contributed by atoms with Crippen molar-refractivity contribution in [2.45, 2.75) is 87.1 Å². The fraction of sp³-hybridized carbons (Fsp3) is 0.750. The van der Waals surface area contributed by atoms with Crippen LogP contribution in [0, 0.1) is 29.1 Å². The predicted octanol–water partition coefficient (Wildman–Crippen LogP) is 2.80. The number of ether oxygens (including phenoxy) is 4. The number of hydrogen-bond donors (Lipinski definition) is 3. The van der Waals surface area contributed by atoms with Crippen LogP contribution in [-0.2, 0) is 23.7 Å². The number of para-hydroxylation sites is 1. The van der Waals surface area contributed by atoms with Gasteiger partial charge >= 0.3 is 5.97 Å². The monoisotopic (exact) mass is 664 g/mol. The first-order valence-electron chi connectivity index (χ1n) is 15.4. The Labute approximate surface area is 263 Å². The number of esters is 1. The van der Waals surface area contributed by atoms with E-state index in [1.165, 1.54) is 6.92 Å². The summed E-state index contributed by atoms with van der Waals surface area (Å²) in [4.78, 5) is 28.3. The Kier molecular flexibility index (Phi) is 7.64.